The minimum atomic E-state index is -2.01. The first-order chi connectivity index (χ1) is 12.4. The number of anilines is 1. The van der Waals surface area contributed by atoms with E-state index >= 15 is 0 Å². The summed E-state index contributed by atoms with van der Waals surface area (Å²) < 4.78 is 4.62. The van der Waals surface area contributed by atoms with Crippen molar-refractivity contribution in [1.29, 1.82) is 0 Å². The first-order valence-electron chi connectivity index (χ1n) is 8.17. The second-order valence-corrected chi connectivity index (χ2v) is 6.31. The number of aliphatic hydroxyl groups is 1. The fourth-order valence-corrected chi connectivity index (χ4v) is 3.10. The molecule has 1 N–H and O–H groups in total. The molecule has 0 unspecified atom stereocenters. The Morgan fingerprint density at radius 2 is 1.77 bits per heavy atom. The number of ether oxygens (including phenoxy) is 1. The lowest BCUT2D eigenvalue weighted by Gasteiger charge is -2.22. The summed E-state index contributed by atoms with van der Waals surface area (Å²) in [5.74, 6) is -1.66. The van der Waals surface area contributed by atoms with Crippen molar-refractivity contribution in [3.63, 3.8) is 0 Å². The molecule has 1 atom stereocenters. The summed E-state index contributed by atoms with van der Waals surface area (Å²) in [5, 5.41) is 11.1. The third-order valence-electron chi connectivity index (χ3n) is 4.54. The number of methoxy groups -OCH3 is 1. The van der Waals surface area contributed by atoms with Gasteiger partial charge in [0.15, 0.2) is 11.4 Å². The maximum absolute atomic E-state index is 12.9. The van der Waals surface area contributed by atoms with E-state index in [4.69, 9.17) is 0 Å². The SMILES string of the molecule is COC(=O)CN1C(=O)[C@@](O)(CC(=O)c2ccc(C)cc2)c2ccccc21. The molecule has 26 heavy (non-hydrogen) atoms. The highest BCUT2D eigenvalue weighted by molar-refractivity contribution is 6.12. The third-order valence-corrected chi connectivity index (χ3v) is 4.54. The van der Waals surface area contributed by atoms with Crippen LogP contribution < -0.4 is 4.90 Å². The minimum absolute atomic E-state index is 0.314. The molecule has 1 aliphatic rings. The number of hydrogen-bond acceptors (Lipinski definition) is 5. The lowest BCUT2D eigenvalue weighted by molar-refractivity contribution is -0.142. The summed E-state index contributed by atoms with van der Waals surface area (Å²) in [6, 6.07) is 13.5. The number of ketones is 1. The lowest BCUT2D eigenvalue weighted by Crippen LogP contribution is -2.43. The van der Waals surface area contributed by atoms with Crippen molar-refractivity contribution in [3.8, 4) is 0 Å². The normalized spacial score (nSPS) is 18.6. The van der Waals surface area contributed by atoms with Gasteiger partial charge in [-0.05, 0) is 13.0 Å². The first kappa shape index (κ1) is 17.8. The molecular weight excluding hydrogens is 334 g/mol. The Bertz CT molecular complexity index is 874. The standard InChI is InChI=1S/C20H19NO5/c1-13-7-9-14(10-8-13)17(22)11-20(25)15-5-3-4-6-16(15)21(19(20)24)12-18(23)26-2/h3-10,25H,11-12H2,1-2H3/t20-/m1/s1. The van der Waals surface area contributed by atoms with Crippen molar-refractivity contribution in [2.24, 2.45) is 0 Å². The summed E-state index contributed by atoms with van der Waals surface area (Å²) in [4.78, 5) is 38.3. The van der Waals surface area contributed by atoms with Crippen LogP contribution in [0.2, 0.25) is 0 Å². The quantitative estimate of drug-likeness (QED) is 0.656. The van der Waals surface area contributed by atoms with Gasteiger partial charge in [-0.15, -0.1) is 0 Å². The minimum Gasteiger partial charge on any atom is -0.468 e. The predicted molar refractivity (Wildman–Crippen MR) is 94.8 cm³/mol. The van der Waals surface area contributed by atoms with E-state index in [1.54, 1.807) is 48.5 Å². The molecule has 0 radical (unpaired) electrons. The number of esters is 1. The van der Waals surface area contributed by atoms with Gasteiger partial charge in [-0.2, -0.15) is 0 Å². The number of aryl methyl sites for hydroxylation is 1. The van der Waals surface area contributed by atoms with Gasteiger partial charge >= 0.3 is 5.97 Å². The Balaban J connectivity index is 1.95. The van der Waals surface area contributed by atoms with E-state index in [-0.39, 0.29) is 12.3 Å². The predicted octanol–water partition coefficient (Wildman–Crippen LogP) is 1.98. The van der Waals surface area contributed by atoms with Crippen molar-refractivity contribution in [1.82, 2.24) is 0 Å². The highest BCUT2D eigenvalue weighted by atomic mass is 16.5. The van der Waals surface area contributed by atoms with Crippen molar-refractivity contribution >= 4 is 23.3 Å². The fraction of sp³-hybridized carbons (Fsp3) is 0.250. The van der Waals surface area contributed by atoms with Crippen LogP contribution in [0.3, 0.4) is 0 Å². The van der Waals surface area contributed by atoms with Gasteiger partial charge in [0.1, 0.15) is 6.54 Å². The Kier molecular flexibility index (Phi) is 4.61. The largest absolute Gasteiger partial charge is 0.468 e. The number of carbonyl (C=O) groups is 3. The van der Waals surface area contributed by atoms with E-state index in [9.17, 15) is 19.5 Å². The molecule has 0 spiro atoms. The summed E-state index contributed by atoms with van der Waals surface area (Å²) in [7, 11) is 1.22. The van der Waals surface area contributed by atoms with Crippen molar-refractivity contribution in [3.05, 3.63) is 65.2 Å². The number of rotatable bonds is 5. The number of carbonyl (C=O) groups excluding carboxylic acids is 3. The molecular formula is C20H19NO5. The molecule has 0 aromatic heterocycles. The van der Waals surface area contributed by atoms with E-state index in [0.29, 0.717) is 16.8 Å². The number of nitrogens with zero attached hydrogens (tertiary/aromatic N) is 1. The number of Topliss-reactive ketones (excluding diaryl/α,β-unsaturated/α-hetero) is 1. The topological polar surface area (TPSA) is 83.9 Å². The third kappa shape index (κ3) is 2.99. The van der Waals surface area contributed by atoms with E-state index in [0.717, 1.165) is 10.5 Å². The van der Waals surface area contributed by atoms with Gasteiger partial charge in [0.25, 0.3) is 5.91 Å². The van der Waals surface area contributed by atoms with Crippen molar-refractivity contribution < 1.29 is 24.2 Å². The zero-order valence-corrected chi connectivity index (χ0v) is 14.6. The highest BCUT2D eigenvalue weighted by Gasteiger charge is 2.51. The van der Waals surface area contributed by atoms with Gasteiger partial charge in [-0.1, -0.05) is 48.0 Å². The molecule has 134 valence electrons. The van der Waals surface area contributed by atoms with Gasteiger partial charge in [-0.3, -0.25) is 19.3 Å². The Hall–Kier alpha value is -2.99. The smallest absolute Gasteiger partial charge is 0.325 e. The van der Waals surface area contributed by atoms with Crippen LogP contribution in [0.1, 0.15) is 27.9 Å². The Morgan fingerprint density at radius 1 is 1.12 bits per heavy atom. The number of benzene rings is 2. The Labute approximate surface area is 151 Å². The zero-order chi connectivity index (χ0) is 18.9. The molecule has 1 aliphatic heterocycles. The second kappa shape index (κ2) is 6.72. The number of para-hydroxylation sites is 1. The molecule has 6 nitrogen and oxygen atoms in total. The van der Waals surface area contributed by atoms with E-state index < -0.39 is 23.9 Å². The molecule has 2 aromatic rings. The fourth-order valence-electron chi connectivity index (χ4n) is 3.10. The van der Waals surface area contributed by atoms with Crippen LogP contribution in [0.15, 0.2) is 48.5 Å². The number of hydrogen-bond donors (Lipinski definition) is 1. The van der Waals surface area contributed by atoms with Crippen LogP contribution in [0.4, 0.5) is 5.69 Å². The summed E-state index contributed by atoms with van der Waals surface area (Å²) >= 11 is 0. The molecule has 1 heterocycles. The highest BCUT2D eigenvalue weighted by Crippen LogP contribution is 2.42. The summed E-state index contributed by atoms with van der Waals surface area (Å²) in [6.45, 7) is 1.58. The lowest BCUT2D eigenvalue weighted by atomic mass is 9.88. The second-order valence-electron chi connectivity index (χ2n) is 6.31. The number of fused-ring (bicyclic) bond motifs is 1. The molecule has 0 saturated carbocycles. The van der Waals surface area contributed by atoms with Crippen LogP contribution in [-0.4, -0.2) is 36.4 Å². The molecule has 1 amide bonds. The molecule has 3 rings (SSSR count). The average molecular weight is 353 g/mol. The molecule has 0 bridgehead atoms. The van der Waals surface area contributed by atoms with Gasteiger partial charge in [0.2, 0.25) is 0 Å². The Morgan fingerprint density at radius 3 is 2.42 bits per heavy atom. The van der Waals surface area contributed by atoms with Crippen LogP contribution in [-0.2, 0) is 19.9 Å². The number of amides is 1. The molecule has 0 saturated heterocycles. The van der Waals surface area contributed by atoms with Crippen LogP contribution in [0, 0.1) is 6.92 Å². The van der Waals surface area contributed by atoms with E-state index in [1.807, 2.05) is 6.92 Å². The molecule has 2 aromatic carbocycles. The van der Waals surface area contributed by atoms with Gasteiger partial charge in [0.05, 0.1) is 19.2 Å². The van der Waals surface area contributed by atoms with Gasteiger partial charge in [-0.25, -0.2) is 0 Å². The van der Waals surface area contributed by atoms with Crippen LogP contribution in [0.5, 0.6) is 0 Å². The van der Waals surface area contributed by atoms with Crippen molar-refractivity contribution in [2.45, 2.75) is 18.9 Å². The van der Waals surface area contributed by atoms with Gasteiger partial charge < -0.3 is 9.84 Å². The summed E-state index contributed by atoms with van der Waals surface area (Å²) in [6.07, 6.45) is -0.399. The van der Waals surface area contributed by atoms with E-state index in [1.165, 1.54) is 7.11 Å². The maximum atomic E-state index is 12.9. The van der Waals surface area contributed by atoms with Crippen LogP contribution >= 0.6 is 0 Å². The van der Waals surface area contributed by atoms with E-state index in [2.05, 4.69) is 4.74 Å². The molecule has 0 fully saturated rings. The first-order valence-corrected chi connectivity index (χ1v) is 8.17. The van der Waals surface area contributed by atoms with Crippen molar-refractivity contribution in [2.75, 3.05) is 18.6 Å². The monoisotopic (exact) mass is 353 g/mol. The maximum Gasteiger partial charge on any atom is 0.325 e. The van der Waals surface area contributed by atoms with Gasteiger partial charge in [0, 0.05) is 11.1 Å². The molecule has 0 aliphatic carbocycles. The summed E-state index contributed by atoms with van der Waals surface area (Å²) in [5.41, 5.74) is 0.135. The zero-order valence-electron chi connectivity index (χ0n) is 14.6. The average Bonchev–Trinajstić information content (AvgIpc) is 2.84. The van der Waals surface area contributed by atoms with Crippen LogP contribution in [0.25, 0.3) is 0 Å². The molecule has 6 heteroatoms.